The SMILES string of the molecule is O=C1NC(c2cccc(OC(F)(F)F)c2)=NC12CCN(S(=O)(=O)CCc1cccc3c1ccn3CC(O)CO)CC2. The van der Waals surface area contributed by atoms with Gasteiger partial charge in [0, 0.05) is 35.8 Å². The van der Waals surface area contributed by atoms with Crippen LogP contribution in [0.25, 0.3) is 10.9 Å². The van der Waals surface area contributed by atoms with Gasteiger partial charge in [0.25, 0.3) is 5.91 Å². The van der Waals surface area contributed by atoms with Crippen LogP contribution < -0.4 is 10.1 Å². The third-order valence-corrected chi connectivity index (χ3v) is 9.29. The molecule has 0 radical (unpaired) electrons. The Morgan fingerprint density at radius 3 is 2.56 bits per heavy atom. The monoisotopic (exact) mass is 594 g/mol. The first-order valence-corrected chi connectivity index (χ1v) is 14.6. The van der Waals surface area contributed by atoms with E-state index in [4.69, 9.17) is 5.11 Å². The molecule has 14 heteroatoms. The molecule has 1 fully saturated rings. The Kier molecular flexibility index (Phi) is 7.85. The van der Waals surface area contributed by atoms with Crippen molar-refractivity contribution in [3.8, 4) is 5.75 Å². The topological polar surface area (TPSA) is 133 Å². The number of aryl methyl sites for hydroxylation is 1. The molecule has 41 heavy (non-hydrogen) atoms. The Labute approximate surface area is 234 Å². The number of piperidine rings is 1. The second-order valence-corrected chi connectivity index (χ2v) is 12.2. The average molecular weight is 595 g/mol. The van der Waals surface area contributed by atoms with Crippen molar-refractivity contribution in [1.29, 1.82) is 0 Å². The van der Waals surface area contributed by atoms with E-state index in [9.17, 15) is 31.5 Å². The number of fused-ring (bicyclic) bond motifs is 1. The van der Waals surface area contributed by atoms with E-state index in [1.54, 1.807) is 10.8 Å². The summed E-state index contributed by atoms with van der Waals surface area (Å²) in [6.45, 7) is -0.0122. The van der Waals surface area contributed by atoms with Gasteiger partial charge in [0.15, 0.2) is 0 Å². The van der Waals surface area contributed by atoms with E-state index in [1.165, 1.54) is 16.4 Å². The summed E-state index contributed by atoms with van der Waals surface area (Å²) in [5.74, 6) is -0.889. The maximum absolute atomic E-state index is 13.2. The number of aromatic nitrogens is 1. The van der Waals surface area contributed by atoms with Gasteiger partial charge in [-0.15, -0.1) is 13.2 Å². The molecular weight excluding hydrogens is 565 g/mol. The molecule has 1 amide bonds. The van der Waals surface area contributed by atoms with Crippen LogP contribution in [0.2, 0.25) is 0 Å². The summed E-state index contributed by atoms with van der Waals surface area (Å²) in [5.41, 5.74) is 0.707. The van der Waals surface area contributed by atoms with Crippen molar-refractivity contribution < 1.29 is 41.3 Å². The Hall–Kier alpha value is -3.46. The highest BCUT2D eigenvalue weighted by Crippen LogP contribution is 2.33. The van der Waals surface area contributed by atoms with Crippen LogP contribution in [0.15, 0.2) is 59.7 Å². The van der Waals surface area contributed by atoms with E-state index in [-0.39, 0.29) is 62.7 Å². The number of carbonyl (C=O) groups is 1. The molecule has 2 aliphatic heterocycles. The second kappa shape index (κ2) is 11.1. The highest BCUT2D eigenvalue weighted by molar-refractivity contribution is 7.89. The number of benzene rings is 2. The summed E-state index contributed by atoms with van der Waals surface area (Å²) < 4.78 is 71.4. The number of aliphatic imine (C=N–C) groups is 1. The summed E-state index contributed by atoms with van der Waals surface area (Å²) in [5, 5.41) is 22.4. The molecule has 3 N–H and O–H groups in total. The fourth-order valence-electron chi connectivity index (χ4n) is 5.28. The van der Waals surface area contributed by atoms with Gasteiger partial charge in [0.2, 0.25) is 10.0 Å². The van der Waals surface area contributed by atoms with Crippen molar-refractivity contribution >= 4 is 32.7 Å². The van der Waals surface area contributed by atoms with Crippen LogP contribution >= 0.6 is 0 Å². The molecule has 0 aliphatic carbocycles. The number of carbonyl (C=O) groups excluding carboxylic acids is 1. The van der Waals surface area contributed by atoms with Crippen LogP contribution in [0.4, 0.5) is 13.2 Å². The molecule has 1 saturated heterocycles. The quantitative estimate of drug-likeness (QED) is 0.348. The van der Waals surface area contributed by atoms with Crippen LogP contribution in [0.3, 0.4) is 0 Å². The van der Waals surface area contributed by atoms with Gasteiger partial charge in [-0.1, -0.05) is 24.3 Å². The smallest absolute Gasteiger partial charge is 0.406 e. The molecule has 0 saturated carbocycles. The van der Waals surface area contributed by atoms with Crippen molar-refractivity contribution in [2.24, 2.45) is 4.99 Å². The molecule has 2 aliphatic rings. The van der Waals surface area contributed by atoms with Crippen molar-refractivity contribution in [2.45, 2.75) is 43.8 Å². The predicted molar refractivity (Wildman–Crippen MR) is 144 cm³/mol. The summed E-state index contributed by atoms with van der Waals surface area (Å²) >= 11 is 0. The number of alkyl halides is 3. The molecule has 3 aromatic rings. The summed E-state index contributed by atoms with van der Waals surface area (Å²) in [7, 11) is -3.67. The number of aliphatic hydroxyl groups excluding tert-OH is 2. The zero-order valence-electron chi connectivity index (χ0n) is 21.8. The minimum absolute atomic E-state index is 0.0728. The van der Waals surface area contributed by atoms with Gasteiger partial charge in [0.05, 0.1) is 25.0 Å². The average Bonchev–Trinajstić information content (AvgIpc) is 3.48. The first-order valence-electron chi connectivity index (χ1n) is 13.0. The number of nitrogens with one attached hydrogen (secondary N) is 1. The van der Waals surface area contributed by atoms with Crippen LogP contribution in [0.5, 0.6) is 5.75 Å². The van der Waals surface area contributed by atoms with Crippen LogP contribution in [0.1, 0.15) is 24.0 Å². The molecule has 1 spiro atoms. The van der Waals surface area contributed by atoms with Gasteiger partial charge in [-0.25, -0.2) is 12.7 Å². The number of amides is 1. The molecule has 220 valence electrons. The van der Waals surface area contributed by atoms with Crippen LogP contribution in [-0.4, -0.2) is 82.7 Å². The van der Waals surface area contributed by atoms with E-state index in [2.05, 4.69) is 15.0 Å². The van der Waals surface area contributed by atoms with E-state index < -0.39 is 39.7 Å². The van der Waals surface area contributed by atoms with Crippen molar-refractivity contribution in [2.75, 3.05) is 25.4 Å². The third kappa shape index (κ3) is 6.25. The zero-order valence-corrected chi connectivity index (χ0v) is 22.7. The van der Waals surface area contributed by atoms with Gasteiger partial charge in [-0.3, -0.25) is 9.79 Å². The van der Waals surface area contributed by atoms with E-state index in [1.807, 2.05) is 24.3 Å². The van der Waals surface area contributed by atoms with E-state index in [0.717, 1.165) is 28.6 Å². The molecule has 2 aromatic carbocycles. The lowest BCUT2D eigenvalue weighted by molar-refractivity contribution is -0.274. The second-order valence-electron chi connectivity index (χ2n) is 10.1. The molecule has 0 bridgehead atoms. The van der Waals surface area contributed by atoms with E-state index >= 15 is 0 Å². The number of amidine groups is 1. The Morgan fingerprint density at radius 1 is 1.12 bits per heavy atom. The van der Waals surface area contributed by atoms with Crippen LogP contribution in [-0.2, 0) is 27.8 Å². The zero-order chi connectivity index (χ0) is 29.4. The Morgan fingerprint density at radius 2 is 1.85 bits per heavy atom. The van der Waals surface area contributed by atoms with Gasteiger partial charge in [-0.2, -0.15) is 0 Å². The Bertz CT molecular complexity index is 1580. The number of halogens is 3. The summed E-state index contributed by atoms with van der Waals surface area (Å²) in [6.07, 6.45) is -3.47. The first kappa shape index (κ1) is 29.0. The number of nitrogens with zero attached hydrogens (tertiary/aromatic N) is 3. The standard InChI is InChI=1S/C27H29F3N4O6S/c28-27(29,30)40-21-5-1-4-19(15-21)24-31-25(37)26(32-24)9-12-34(13-10-26)41(38,39)14-8-18-3-2-6-23-22(18)7-11-33(23)16-20(36)17-35/h1-7,11,15,20,35-36H,8-10,12-14,16-17H2,(H,31,32,37). The minimum atomic E-state index is -4.86. The fourth-order valence-corrected chi connectivity index (χ4v) is 6.76. The highest BCUT2D eigenvalue weighted by Gasteiger charge is 2.47. The van der Waals surface area contributed by atoms with E-state index in [0.29, 0.717) is 0 Å². The molecule has 3 heterocycles. The summed E-state index contributed by atoms with van der Waals surface area (Å²) in [6, 6.07) is 12.5. The number of sulfonamides is 1. The maximum Gasteiger partial charge on any atom is 0.573 e. The largest absolute Gasteiger partial charge is 0.573 e. The van der Waals surface area contributed by atoms with Gasteiger partial charge >= 0.3 is 6.36 Å². The van der Waals surface area contributed by atoms with Gasteiger partial charge in [-0.05, 0) is 49.1 Å². The van der Waals surface area contributed by atoms with Gasteiger partial charge < -0.3 is 24.8 Å². The Balaban J connectivity index is 1.24. The highest BCUT2D eigenvalue weighted by atomic mass is 32.2. The first-order chi connectivity index (χ1) is 19.4. The molecule has 1 unspecified atom stereocenters. The number of aliphatic hydroxyl groups is 2. The fraction of sp³-hybridized carbons (Fsp3) is 0.407. The predicted octanol–water partition coefficient (Wildman–Crippen LogP) is 2.18. The molecule has 5 rings (SSSR count). The molecular formula is C27H29F3N4O6S. The lowest BCUT2D eigenvalue weighted by Gasteiger charge is -2.34. The van der Waals surface area contributed by atoms with Gasteiger partial charge in [0.1, 0.15) is 17.1 Å². The molecule has 1 aromatic heterocycles. The minimum Gasteiger partial charge on any atom is -0.406 e. The number of hydrogen-bond donors (Lipinski definition) is 3. The summed E-state index contributed by atoms with van der Waals surface area (Å²) in [4.78, 5) is 17.4. The van der Waals surface area contributed by atoms with Crippen molar-refractivity contribution in [3.63, 3.8) is 0 Å². The number of rotatable bonds is 9. The number of hydrogen-bond acceptors (Lipinski definition) is 7. The maximum atomic E-state index is 13.2. The molecule has 1 atom stereocenters. The van der Waals surface area contributed by atoms with Crippen molar-refractivity contribution in [1.82, 2.24) is 14.2 Å². The molecule has 10 nitrogen and oxygen atoms in total. The lowest BCUT2D eigenvalue weighted by atomic mass is 9.89. The van der Waals surface area contributed by atoms with Crippen molar-refractivity contribution in [3.05, 3.63) is 65.9 Å². The number of ether oxygens (including phenoxy) is 1. The lowest BCUT2D eigenvalue weighted by Crippen LogP contribution is -2.50. The van der Waals surface area contributed by atoms with Crippen LogP contribution in [0, 0.1) is 0 Å². The third-order valence-electron chi connectivity index (χ3n) is 7.42. The normalized spacial score (nSPS) is 18.5.